The normalized spacial score (nSPS) is 10.6. The standard InChI is InChI=1S/C14H14BrNO4/c1-8-6-9(4-5-10(8)15)13-16-11(7-18-2)12(20-13)14(17)19-3/h4-6H,7H2,1-3H3. The Morgan fingerprint density at radius 1 is 1.40 bits per heavy atom. The largest absolute Gasteiger partial charge is 0.463 e. The highest BCUT2D eigenvalue weighted by Gasteiger charge is 2.21. The zero-order valence-electron chi connectivity index (χ0n) is 11.4. The third-order valence-electron chi connectivity index (χ3n) is 2.75. The first-order valence-corrected chi connectivity index (χ1v) is 6.69. The summed E-state index contributed by atoms with van der Waals surface area (Å²) in [6, 6.07) is 5.69. The van der Waals surface area contributed by atoms with Gasteiger partial charge in [-0.1, -0.05) is 15.9 Å². The van der Waals surface area contributed by atoms with Crippen molar-refractivity contribution in [1.29, 1.82) is 0 Å². The number of rotatable bonds is 4. The Balaban J connectivity index is 2.46. The monoisotopic (exact) mass is 339 g/mol. The van der Waals surface area contributed by atoms with Crippen LogP contribution in [0.4, 0.5) is 0 Å². The van der Waals surface area contributed by atoms with Gasteiger partial charge in [-0.05, 0) is 30.7 Å². The number of ether oxygens (including phenoxy) is 2. The molecule has 1 aromatic carbocycles. The van der Waals surface area contributed by atoms with Crippen molar-refractivity contribution in [3.05, 3.63) is 39.7 Å². The van der Waals surface area contributed by atoms with E-state index in [9.17, 15) is 4.79 Å². The minimum absolute atomic E-state index is 0.0740. The molecule has 106 valence electrons. The smallest absolute Gasteiger partial charge is 0.376 e. The number of esters is 1. The molecule has 1 aromatic heterocycles. The molecule has 0 aliphatic heterocycles. The molecule has 1 heterocycles. The highest BCUT2D eigenvalue weighted by Crippen LogP contribution is 2.27. The quantitative estimate of drug-likeness (QED) is 0.799. The van der Waals surface area contributed by atoms with E-state index in [2.05, 4.69) is 25.7 Å². The number of aryl methyl sites for hydroxylation is 1. The Bertz CT molecular complexity index is 636. The maximum Gasteiger partial charge on any atom is 0.376 e. The lowest BCUT2D eigenvalue weighted by molar-refractivity contribution is 0.0559. The molecular formula is C14H14BrNO4. The molecule has 0 radical (unpaired) electrons. The predicted molar refractivity (Wildman–Crippen MR) is 76.4 cm³/mol. The fourth-order valence-electron chi connectivity index (χ4n) is 1.74. The molecule has 0 amide bonds. The van der Waals surface area contributed by atoms with Gasteiger partial charge in [0, 0.05) is 17.1 Å². The zero-order chi connectivity index (χ0) is 14.7. The molecule has 0 saturated heterocycles. The number of aromatic nitrogens is 1. The Morgan fingerprint density at radius 2 is 2.15 bits per heavy atom. The Morgan fingerprint density at radius 3 is 2.75 bits per heavy atom. The Labute approximate surface area is 125 Å². The molecule has 0 aliphatic carbocycles. The second-order valence-electron chi connectivity index (χ2n) is 4.18. The summed E-state index contributed by atoms with van der Waals surface area (Å²) in [7, 11) is 2.82. The van der Waals surface area contributed by atoms with E-state index in [0.717, 1.165) is 15.6 Å². The highest BCUT2D eigenvalue weighted by atomic mass is 79.9. The van der Waals surface area contributed by atoms with E-state index < -0.39 is 5.97 Å². The van der Waals surface area contributed by atoms with E-state index in [1.807, 2.05) is 25.1 Å². The van der Waals surface area contributed by atoms with E-state index in [-0.39, 0.29) is 12.4 Å². The van der Waals surface area contributed by atoms with Crippen LogP contribution in [0.2, 0.25) is 0 Å². The maximum absolute atomic E-state index is 11.7. The number of hydrogen-bond acceptors (Lipinski definition) is 5. The van der Waals surface area contributed by atoms with Crippen LogP contribution >= 0.6 is 15.9 Å². The Hall–Kier alpha value is -1.66. The molecule has 0 bridgehead atoms. The van der Waals surface area contributed by atoms with Crippen LogP contribution in [0.3, 0.4) is 0 Å². The lowest BCUT2D eigenvalue weighted by Crippen LogP contribution is -2.04. The minimum Gasteiger partial charge on any atom is -0.463 e. The van der Waals surface area contributed by atoms with Crippen LogP contribution in [-0.4, -0.2) is 25.2 Å². The first kappa shape index (κ1) is 14.7. The SMILES string of the molecule is COCc1nc(-c2ccc(Br)c(C)c2)oc1C(=O)OC. The number of oxazole rings is 1. The van der Waals surface area contributed by atoms with Gasteiger partial charge in [0.15, 0.2) is 0 Å². The van der Waals surface area contributed by atoms with Gasteiger partial charge in [-0.3, -0.25) is 0 Å². The van der Waals surface area contributed by atoms with Gasteiger partial charge in [-0.15, -0.1) is 0 Å². The average Bonchev–Trinajstić information content (AvgIpc) is 2.85. The summed E-state index contributed by atoms with van der Waals surface area (Å²) in [6.45, 7) is 2.15. The van der Waals surface area contributed by atoms with Crippen LogP contribution in [0.1, 0.15) is 21.8 Å². The molecule has 0 aliphatic rings. The fourth-order valence-corrected chi connectivity index (χ4v) is 1.99. The summed E-state index contributed by atoms with van der Waals surface area (Å²) in [6.07, 6.45) is 0. The third-order valence-corrected chi connectivity index (χ3v) is 3.64. The van der Waals surface area contributed by atoms with E-state index in [0.29, 0.717) is 11.6 Å². The topological polar surface area (TPSA) is 61.6 Å². The first-order valence-electron chi connectivity index (χ1n) is 5.90. The number of hydrogen-bond donors (Lipinski definition) is 0. The van der Waals surface area contributed by atoms with E-state index >= 15 is 0 Å². The zero-order valence-corrected chi connectivity index (χ0v) is 13.0. The number of halogens is 1. The molecule has 0 N–H and O–H groups in total. The minimum atomic E-state index is -0.565. The lowest BCUT2D eigenvalue weighted by atomic mass is 10.1. The number of nitrogens with zero attached hydrogens (tertiary/aromatic N) is 1. The number of carbonyl (C=O) groups is 1. The molecule has 0 atom stereocenters. The van der Waals surface area contributed by atoms with Gasteiger partial charge in [0.1, 0.15) is 5.69 Å². The summed E-state index contributed by atoms with van der Waals surface area (Å²) in [4.78, 5) is 16.0. The van der Waals surface area contributed by atoms with Crippen molar-refractivity contribution >= 4 is 21.9 Å². The molecule has 0 saturated carbocycles. The second kappa shape index (κ2) is 6.19. The van der Waals surface area contributed by atoms with Crippen molar-refractivity contribution in [1.82, 2.24) is 4.98 Å². The molecule has 0 spiro atoms. The number of benzene rings is 1. The molecule has 20 heavy (non-hydrogen) atoms. The summed E-state index contributed by atoms with van der Waals surface area (Å²) in [5, 5.41) is 0. The summed E-state index contributed by atoms with van der Waals surface area (Å²) in [5.41, 5.74) is 2.27. The number of carbonyl (C=O) groups excluding carboxylic acids is 1. The van der Waals surface area contributed by atoms with E-state index in [1.54, 1.807) is 0 Å². The molecular weight excluding hydrogens is 326 g/mol. The molecule has 5 nitrogen and oxygen atoms in total. The molecule has 2 aromatic rings. The summed E-state index contributed by atoms with van der Waals surface area (Å²) >= 11 is 3.44. The van der Waals surface area contributed by atoms with Crippen LogP contribution in [0, 0.1) is 6.92 Å². The van der Waals surface area contributed by atoms with Crippen LogP contribution in [0.25, 0.3) is 11.5 Å². The van der Waals surface area contributed by atoms with Crippen molar-refractivity contribution in [2.45, 2.75) is 13.5 Å². The van der Waals surface area contributed by atoms with Crippen molar-refractivity contribution in [2.24, 2.45) is 0 Å². The molecule has 2 rings (SSSR count). The van der Waals surface area contributed by atoms with Crippen molar-refractivity contribution in [2.75, 3.05) is 14.2 Å². The van der Waals surface area contributed by atoms with Gasteiger partial charge in [-0.25, -0.2) is 9.78 Å². The van der Waals surface area contributed by atoms with E-state index in [4.69, 9.17) is 9.15 Å². The lowest BCUT2D eigenvalue weighted by Gasteiger charge is -2.00. The van der Waals surface area contributed by atoms with Crippen molar-refractivity contribution < 1.29 is 18.7 Å². The summed E-state index contributed by atoms with van der Waals surface area (Å²) in [5.74, 6) is -0.123. The van der Waals surface area contributed by atoms with Gasteiger partial charge < -0.3 is 13.9 Å². The van der Waals surface area contributed by atoms with Gasteiger partial charge >= 0.3 is 5.97 Å². The van der Waals surface area contributed by atoms with Gasteiger partial charge in [0.2, 0.25) is 11.7 Å². The van der Waals surface area contributed by atoms with Crippen LogP contribution in [-0.2, 0) is 16.1 Å². The molecule has 6 heteroatoms. The predicted octanol–water partition coefficient (Wildman–Crippen LogP) is 3.35. The van der Waals surface area contributed by atoms with Gasteiger partial charge in [-0.2, -0.15) is 0 Å². The average molecular weight is 340 g/mol. The maximum atomic E-state index is 11.7. The van der Waals surface area contributed by atoms with Gasteiger partial charge in [0.25, 0.3) is 0 Å². The van der Waals surface area contributed by atoms with Crippen LogP contribution in [0.5, 0.6) is 0 Å². The van der Waals surface area contributed by atoms with Crippen molar-refractivity contribution in [3.63, 3.8) is 0 Å². The first-order chi connectivity index (χ1) is 9.56. The van der Waals surface area contributed by atoms with E-state index in [1.165, 1.54) is 14.2 Å². The number of methoxy groups -OCH3 is 2. The molecule has 0 unspecified atom stereocenters. The third kappa shape index (κ3) is 2.91. The second-order valence-corrected chi connectivity index (χ2v) is 5.04. The highest BCUT2D eigenvalue weighted by molar-refractivity contribution is 9.10. The van der Waals surface area contributed by atoms with Crippen LogP contribution < -0.4 is 0 Å². The molecule has 0 fully saturated rings. The van der Waals surface area contributed by atoms with Crippen LogP contribution in [0.15, 0.2) is 27.1 Å². The fraction of sp³-hybridized carbons (Fsp3) is 0.286. The summed E-state index contributed by atoms with van der Waals surface area (Å²) < 4.78 is 16.2. The van der Waals surface area contributed by atoms with Crippen molar-refractivity contribution in [3.8, 4) is 11.5 Å². The Kier molecular flexibility index (Phi) is 4.57. The van der Waals surface area contributed by atoms with Gasteiger partial charge in [0.05, 0.1) is 13.7 Å².